The van der Waals surface area contributed by atoms with E-state index < -0.39 is 0 Å². The summed E-state index contributed by atoms with van der Waals surface area (Å²) in [7, 11) is 1.72. The number of para-hydroxylation sites is 1. The van der Waals surface area contributed by atoms with Crippen molar-refractivity contribution in [1.82, 2.24) is 10.1 Å². The molecule has 0 bridgehead atoms. The summed E-state index contributed by atoms with van der Waals surface area (Å²) in [6.07, 6.45) is 0. The van der Waals surface area contributed by atoms with Crippen molar-refractivity contribution in [2.24, 2.45) is 0 Å². The first-order valence-electron chi connectivity index (χ1n) is 6.72. The van der Waals surface area contributed by atoms with Crippen LogP contribution in [0, 0.1) is 13.8 Å². The van der Waals surface area contributed by atoms with E-state index in [9.17, 15) is 4.79 Å². The fourth-order valence-electron chi connectivity index (χ4n) is 2.36. The maximum atomic E-state index is 12.5. The molecule has 0 saturated heterocycles. The highest BCUT2D eigenvalue weighted by molar-refractivity contribution is 5.98. The highest BCUT2D eigenvalue weighted by Gasteiger charge is 2.21. The molecule has 0 spiro atoms. The molecule has 3 rings (SSSR count). The van der Waals surface area contributed by atoms with Crippen LogP contribution in [0.3, 0.4) is 0 Å². The SMILES string of the molecule is Cc1cc(CN(C)C(=O)c2oc3ccccc3c2C)no1. The minimum Gasteiger partial charge on any atom is -0.451 e. The molecule has 0 saturated carbocycles. The number of furan rings is 1. The molecule has 0 aliphatic carbocycles. The smallest absolute Gasteiger partial charge is 0.289 e. The van der Waals surface area contributed by atoms with Crippen LogP contribution in [0.1, 0.15) is 27.6 Å². The van der Waals surface area contributed by atoms with Crippen molar-refractivity contribution in [2.45, 2.75) is 20.4 Å². The lowest BCUT2D eigenvalue weighted by Gasteiger charge is -2.14. The molecule has 108 valence electrons. The topological polar surface area (TPSA) is 59.5 Å². The molecule has 0 atom stereocenters. The fourth-order valence-corrected chi connectivity index (χ4v) is 2.36. The first-order valence-corrected chi connectivity index (χ1v) is 6.72. The van der Waals surface area contributed by atoms with Crippen molar-refractivity contribution in [1.29, 1.82) is 0 Å². The normalized spacial score (nSPS) is 11.0. The van der Waals surface area contributed by atoms with Gasteiger partial charge in [-0.3, -0.25) is 4.79 Å². The number of amides is 1. The summed E-state index contributed by atoms with van der Waals surface area (Å²) >= 11 is 0. The summed E-state index contributed by atoms with van der Waals surface area (Å²) in [6.45, 7) is 4.10. The van der Waals surface area contributed by atoms with Gasteiger partial charge in [0, 0.05) is 24.1 Å². The van der Waals surface area contributed by atoms with E-state index in [4.69, 9.17) is 8.94 Å². The first-order chi connectivity index (χ1) is 10.1. The van der Waals surface area contributed by atoms with Gasteiger partial charge in [-0.25, -0.2) is 0 Å². The number of hydrogen-bond acceptors (Lipinski definition) is 4. The molecule has 0 fully saturated rings. The Morgan fingerprint density at radius 1 is 1.29 bits per heavy atom. The van der Waals surface area contributed by atoms with Crippen molar-refractivity contribution in [3.05, 3.63) is 53.1 Å². The van der Waals surface area contributed by atoms with E-state index in [0.717, 1.165) is 28.0 Å². The zero-order chi connectivity index (χ0) is 15.0. The number of hydrogen-bond donors (Lipinski definition) is 0. The summed E-state index contributed by atoms with van der Waals surface area (Å²) in [6, 6.07) is 9.45. The fraction of sp³-hybridized carbons (Fsp3) is 0.250. The highest BCUT2D eigenvalue weighted by atomic mass is 16.5. The zero-order valence-electron chi connectivity index (χ0n) is 12.2. The van der Waals surface area contributed by atoms with Gasteiger partial charge in [-0.2, -0.15) is 0 Å². The lowest BCUT2D eigenvalue weighted by Crippen LogP contribution is -2.26. The van der Waals surface area contributed by atoms with E-state index in [2.05, 4.69) is 5.16 Å². The van der Waals surface area contributed by atoms with E-state index in [0.29, 0.717) is 12.3 Å². The predicted molar refractivity (Wildman–Crippen MR) is 78.0 cm³/mol. The first kappa shape index (κ1) is 13.4. The Hall–Kier alpha value is -2.56. The molecule has 2 heterocycles. The molecule has 0 N–H and O–H groups in total. The molecule has 1 aromatic carbocycles. The quantitative estimate of drug-likeness (QED) is 0.740. The van der Waals surface area contributed by atoms with Crippen LogP contribution in [0.15, 0.2) is 39.3 Å². The number of carbonyl (C=O) groups is 1. The Labute approximate surface area is 122 Å². The number of benzene rings is 1. The van der Waals surface area contributed by atoms with Gasteiger partial charge in [0.05, 0.1) is 6.54 Å². The lowest BCUT2D eigenvalue weighted by molar-refractivity contribution is 0.0752. The molecule has 2 aromatic heterocycles. The van der Waals surface area contributed by atoms with Gasteiger partial charge in [-0.1, -0.05) is 23.4 Å². The maximum absolute atomic E-state index is 12.5. The third-order valence-corrected chi connectivity index (χ3v) is 3.46. The van der Waals surface area contributed by atoms with E-state index in [1.807, 2.05) is 44.2 Å². The number of aryl methyl sites for hydroxylation is 2. The minimum atomic E-state index is -0.163. The van der Waals surface area contributed by atoms with Gasteiger partial charge in [0.15, 0.2) is 5.76 Å². The maximum Gasteiger partial charge on any atom is 0.289 e. The van der Waals surface area contributed by atoms with Crippen LogP contribution in [0.25, 0.3) is 11.0 Å². The molecule has 5 heteroatoms. The van der Waals surface area contributed by atoms with Crippen LogP contribution in [-0.4, -0.2) is 23.0 Å². The Balaban J connectivity index is 1.87. The van der Waals surface area contributed by atoms with Crippen LogP contribution in [0.5, 0.6) is 0 Å². The summed E-state index contributed by atoms with van der Waals surface area (Å²) in [5, 5.41) is 4.86. The van der Waals surface area contributed by atoms with Crippen LogP contribution >= 0.6 is 0 Å². The number of rotatable bonds is 3. The summed E-state index contributed by atoms with van der Waals surface area (Å²) in [4.78, 5) is 14.1. The molecular weight excluding hydrogens is 268 g/mol. The van der Waals surface area contributed by atoms with Crippen molar-refractivity contribution in [2.75, 3.05) is 7.05 Å². The Bertz CT molecular complexity index is 801. The van der Waals surface area contributed by atoms with E-state index in [1.54, 1.807) is 11.9 Å². The summed E-state index contributed by atoms with van der Waals surface area (Å²) in [5.74, 6) is 0.939. The van der Waals surface area contributed by atoms with Gasteiger partial charge < -0.3 is 13.8 Å². The zero-order valence-corrected chi connectivity index (χ0v) is 12.2. The van der Waals surface area contributed by atoms with E-state index >= 15 is 0 Å². The molecule has 3 aromatic rings. The third-order valence-electron chi connectivity index (χ3n) is 3.46. The average molecular weight is 284 g/mol. The second-order valence-corrected chi connectivity index (χ2v) is 5.14. The van der Waals surface area contributed by atoms with Crippen LogP contribution in [0.2, 0.25) is 0 Å². The van der Waals surface area contributed by atoms with Crippen LogP contribution < -0.4 is 0 Å². The van der Waals surface area contributed by atoms with Gasteiger partial charge in [0.2, 0.25) is 0 Å². The van der Waals surface area contributed by atoms with Crippen molar-refractivity contribution in [3.63, 3.8) is 0 Å². The second-order valence-electron chi connectivity index (χ2n) is 5.14. The van der Waals surface area contributed by atoms with Gasteiger partial charge >= 0.3 is 0 Å². The second kappa shape index (κ2) is 5.09. The van der Waals surface area contributed by atoms with E-state index in [-0.39, 0.29) is 5.91 Å². The van der Waals surface area contributed by atoms with Gasteiger partial charge in [0.1, 0.15) is 17.0 Å². The third kappa shape index (κ3) is 2.42. The molecule has 0 aliphatic rings. The number of fused-ring (bicyclic) bond motifs is 1. The number of aromatic nitrogens is 1. The summed E-state index contributed by atoms with van der Waals surface area (Å²) in [5.41, 5.74) is 2.31. The predicted octanol–water partition coefficient (Wildman–Crippen LogP) is 3.31. The largest absolute Gasteiger partial charge is 0.451 e. The molecule has 1 amide bonds. The number of nitrogens with zero attached hydrogens (tertiary/aromatic N) is 2. The summed E-state index contributed by atoms with van der Waals surface area (Å²) < 4.78 is 10.7. The lowest BCUT2D eigenvalue weighted by atomic mass is 10.1. The van der Waals surface area contributed by atoms with Gasteiger partial charge in [-0.15, -0.1) is 0 Å². The molecule has 0 unspecified atom stereocenters. The molecule has 0 aliphatic heterocycles. The molecule has 5 nitrogen and oxygen atoms in total. The average Bonchev–Trinajstić information content (AvgIpc) is 3.03. The molecule has 0 radical (unpaired) electrons. The Morgan fingerprint density at radius 3 is 2.71 bits per heavy atom. The van der Waals surface area contributed by atoms with E-state index in [1.165, 1.54) is 0 Å². The standard InChI is InChI=1S/C16H16N2O3/c1-10-8-12(17-21-10)9-18(3)16(19)15-11(2)13-6-4-5-7-14(13)20-15/h4-8H,9H2,1-3H3. The highest BCUT2D eigenvalue weighted by Crippen LogP contribution is 2.26. The Kier molecular flexibility index (Phi) is 3.25. The van der Waals surface area contributed by atoms with Crippen molar-refractivity contribution in [3.8, 4) is 0 Å². The monoisotopic (exact) mass is 284 g/mol. The van der Waals surface area contributed by atoms with Gasteiger partial charge in [-0.05, 0) is 19.9 Å². The van der Waals surface area contributed by atoms with Crippen LogP contribution in [0.4, 0.5) is 0 Å². The minimum absolute atomic E-state index is 0.163. The Morgan fingerprint density at radius 2 is 2.05 bits per heavy atom. The van der Waals surface area contributed by atoms with Gasteiger partial charge in [0.25, 0.3) is 5.91 Å². The van der Waals surface area contributed by atoms with Crippen LogP contribution in [-0.2, 0) is 6.54 Å². The van der Waals surface area contributed by atoms with Crippen molar-refractivity contribution >= 4 is 16.9 Å². The van der Waals surface area contributed by atoms with Crippen molar-refractivity contribution < 1.29 is 13.7 Å². The molecule has 21 heavy (non-hydrogen) atoms. The number of carbonyl (C=O) groups excluding carboxylic acids is 1. The molecular formula is C16H16N2O3.